The molecule has 0 aromatic carbocycles. The number of nitrogens with one attached hydrogen (secondary N) is 1. The monoisotopic (exact) mass is 275 g/mol. The topological polar surface area (TPSA) is 37.3 Å². The summed E-state index contributed by atoms with van der Waals surface area (Å²) in [6.45, 7) is 4.09. The van der Waals surface area contributed by atoms with Gasteiger partial charge in [0.15, 0.2) is 0 Å². The minimum absolute atomic E-state index is 0.108. The van der Waals surface area contributed by atoms with Crippen LogP contribution in [0.2, 0.25) is 0 Å². The Morgan fingerprint density at radius 1 is 1.15 bits per heavy atom. The van der Waals surface area contributed by atoms with E-state index in [4.69, 9.17) is 0 Å². The Balaban J connectivity index is 1.53. The lowest BCUT2D eigenvalue weighted by Gasteiger charge is -2.36. The van der Waals surface area contributed by atoms with Gasteiger partial charge in [0.25, 0.3) is 5.56 Å². The van der Waals surface area contributed by atoms with Crippen molar-refractivity contribution in [2.24, 2.45) is 0 Å². The second kappa shape index (κ2) is 6.55. The van der Waals surface area contributed by atoms with Gasteiger partial charge in [-0.05, 0) is 38.3 Å². The van der Waals surface area contributed by atoms with Crippen molar-refractivity contribution in [2.75, 3.05) is 19.6 Å². The molecule has 1 saturated carbocycles. The molecular formula is C16H25N3O. The number of hydrogen-bond donors (Lipinski definition) is 1. The van der Waals surface area contributed by atoms with E-state index in [9.17, 15) is 4.79 Å². The number of nitrogens with zero attached hydrogens (tertiary/aromatic N) is 2. The minimum atomic E-state index is 0.108. The van der Waals surface area contributed by atoms with Gasteiger partial charge >= 0.3 is 0 Å². The van der Waals surface area contributed by atoms with E-state index >= 15 is 0 Å². The lowest BCUT2D eigenvalue weighted by molar-refractivity contribution is 0.139. The quantitative estimate of drug-likeness (QED) is 0.854. The van der Waals surface area contributed by atoms with Crippen molar-refractivity contribution in [1.29, 1.82) is 0 Å². The third-order valence-corrected chi connectivity index (χ3v) is 4.50. The summed E-state index contributed by atoms with van der Waals surface area (Å²) in [5.74, 6) is 0. The standard InChI is InChI=1S/C16H25N3O/c20-16-6-2-4-10-19(16)12-11-18-9-3-1-5-15(18)13-17-14-7-8-14/h2,4,6,10,14-15,17H,1,3,5,7-9,11-13H2. The molecule has 1 aromatic rings. The van der Waals surface area contributed by atoms with E-state index in [-0.39, 0.29) is 5.56 Å². The number of rotatable bonds is 6. The van der Waals surface area contributed by atoms with Gasteiger partial charge in [0.1, 0.15) is 0 Å². The predicted molar refractivity (Wildman–Crippen MR) is 80.9 cm³/mol. The second-order valence-corrected chi connectivity index (χ2v) is 6.10. The van der Waals surface area contributed by atoms with Crippen LogP contribution in [0, 0.1) is 0 Å². The molecule has 2 heterocycles. The molecule has 20 heavy (non-hydrogen) atoms. The van der Waals surface area contributed by atoms with Crippen LogP contribution < -0.4 is 10.9 Å². The third-order valence-electron chi connectivity index (χ3n) is 4.50. The highest BCUT2D eigenvalue weighted by Gasteiger charge is 2.26. The van der Waals surface area contributed by atoms with Crippen molar-refractivity contribution in [1.82, 2.24) is 14.8 Å². The van der Waals surface area contributed by atoms with Crippen LogP contribution in [0.15, 0.2) is 29.2 Å². The zero-order valence-electron chi connectivity index (χ0n) is 12.1. The molecule has 3 rings (SSSR count). The Kier molecular flexibility index (Phi) is 4.53. The summed E-state index contributed by atoms with van der Waals surface area (Å²) < 4.78 is 1.82. The summed E-state index contributed by atoms with van der Waals surface area (Å²) in [6.07, 6.45) is 8.54. The molecule has 1 aliphatic heterocycles. The van der Waals surface area contributed by atoms with Crippen LogP contribution in [-0.2, 0) is 6.54 Å². The van der Waals surface area contributed by atoms with Crippen LogP contribution in [0.1, 0.15) is 32.1 Å². The van der Waals surface area contributed by atoms with Gasteiger partial charge in [-0.2, -0.15) is 0 Å². The Morgan fingerprint density at radius 2 is 2.05 bits per heavy atom. The molecule has 1 saturated heterocycles. The second-order valence-electron chi connectivity index (χ2n) is 6.10. The fourth-order valence-corrected chi connectivity index (χ4v) is 3.06. The van der Waals surface area contributed by atoms with Crippen molar-refractivity contribution >= 4 is 0 Å². The number of aromatic nitrogens is 1. The van der Waals surface area contributed by atoms with Crippen molar-refractivity contribution in [3.63, 3.8) is 0 Å². The molecule has 1 atom stereocenters. The van der Waals surface area contributed by atoms with Gasteiger partial charge in [0.2, 0.25) is 0 Å². The van der Waals surface area contributed by atoms with Crippen LogP contribution in [0.5, 0.6) is 0 Å². The van der Waals surface area contributed by atoms with E-state index in [2.05, 4.69) is 10.2 Å². The fraction of sp³-hybridized carbons (Fsp3) is 0.688. The zero-order valence-corrected chi connectivity index (χ0v) is 12.1. The lowest BCUT2D eigenvalue weighted by Crippen LogP contribution is -2.47. The molecule has 2 aliphatic rings. The average molecular weight is 275 g/mol. The molecule has 1 aliphatic carbocycles. The zero-order chi connectivity index (χ0) is 13.8. The average Bonchev–Trinajstić information content (AvgIpc) is 3.29. The third kappa shape index (κ3) is 3.70. The highest BCUT2D eigenvalue weighted by molar-refractivity contribution is 4.93. The molecular weight excluding hydrogens is 250 g/mol. The highest BCUT2D eigenvalue weighted by atomic mass is 16.1. The summed E-state index contributed by atoms with van der Waals surface area (Å²) >= 11 is 0. The molecule has 110 valence electrons. The maximum atomic E-state index is 11.7. The number of piperidine rings is 1. The molecule has 2 fully saturated rings. The molecule has 1 aromatic heterocycles. The molecule has 1 unspecified atom stereocenters. The summed E-state index contributed by atoms with van der Waals surface area (Å²) in [4.78, 5) is 14.3. The van der Waals surface area contributed by atoms with Crippen LogP contribution >= 0.6 is 0 Å². The molecule has 0 radical (unpaired) electrons. The van der Waals surface area contributed by atoms with Crippen molar-refractivity contribution in [3.8, 4) is 0 Å². The number of hydrogen-bond acceptors (Lipinski definition) is 3. The Bertz CT molecular complexity index is 481. The first kappa shape index (κ1) is 13.8. The smallest absolute Gasteiger partial charge is 0.250 e. The van der Waals surface area contributed by atoms with Gasteiger partial charge < -0.3 is 9.88 Å². The van der Waals surface area contributed by atoms with E-state index in [0.29, 0.717) is 6.04 Å². The molecule has 4 nitrogen and oxygen atoms in total. The summed E-state index contributed by atoms with van der Waals surface area (Å²) in [5.41, 5.74) is 0.108. The summed E-state index contributed by atoms with van der Waals surface area (Å²) in [6, 6.07) is 6.83. The van der Waals surface area contributed by atoms with Crippen LogP contribution in [0.3, 0.4) is 0 Å². The van der Waals surface area contributed by atoms with Crippen molar-refractivity contribution < 1.29 is 0 Å². The Hall–Kier alpha value is -1.13. The predicted octanol–water partition coefficient (Wildman–Crippen LogP) is 1.45. The molecule has 4 heteroatoms. The lowest BCUT2D eigenvalue weighted by atomic mass is 10.0. The van der Waals surface area contributed by atoms with Gasteiger partial charge in [-0.25, -0.2) is 0 Å². The minimum Gasteiger partial charge on any atom is -0.314 e. The maximum absolute atomic E-state index is 11.7. The first-order chi connectivity index (χ1) is 9.83. The molecule has 0 amide bonds. The summed E-state index contributed by atoms with van der Waals surface area (Å²) in [7, 11) is 0. The van der Waals surface area contributed by atoms with Gasteiger partial charge in [-0.3, -0.25) is 9.69 Å². The SMILES string of the molecule is O=c1ccccn1CCN1CCCCC1CNC1CC1. The molecule has 1 N–H and O–H groups in total. The number of pyridine rings is 1. The van der Waals surface area contributed by atoms with E-state index in [0.717, 1.165) is 25.7 Å². The highest BCUT2D eigenvalue weighted by Crippen LogP contribution is 2.21. The Labute approximate surface area is 120 Å². The first-order valence-electron chi connectivity index (χ1n) is 7.96. The van der Waals surface area contributed by atoms with E-state index in [1.54, 1.807) is 6.07 Å². The van der Waals surface area contributed by atoms with E-state index in [1.165, 1.54) is 38.6 Å². The van der Waals surface area contributed by atoms with Gasteiger partial charge in [-0.1, -0.05) is 12.5 Å². The van der Waals surface area contributed by atoms with Crippen molar-refractivity contribution in [3.05, 3.63) is 34.7 Å². The Morgan fingerprint density at radius 3 is 2.85 bits per heavy atom. The van der Waals surface area contributed by atoms with Crippen LogP contribution in [0.25, 0.3) is 0 Å². The van der Waals surface area contributed by atoms with Crippen LogP contribution in [-0.4, -0.2) is 41.2 Å². The van der Waals surface area contributed by atoms with Crippen LogP contribution in [0.4, 0.5) is 0 Å². The maximum Gasteiger partial charge on any atom is 0.250 e. The molecule has 0 bridgehead atoms. The fourth-order valence-electron chi connectivity index (χ4n) is 3.06. The van der Waals surface area contributed by atoms with E-state index in [1.807, 2.05) is 22.9 Å². The largest absolute Gasteiger partial charge is 0.314 e. The molecule has 0 spiro atoms. The van der Waals surface area contributed by atoms with Gasteiger partial charge in [0, 0.05) is 44.0 Å². The summed E-state index contributed by atoms with van der Waals surface area (Å²) in [5, 5.41) is 3.66. The van der Waals surface area contributed by atoms with Gasteiger partial charge in [0.05, 0.1) is 0 Å². The number of likely N-dealkylation sites (tertiary alicyclic amines) is 1. The normalized spacial score (nSPS) is 23.9. The van der Waals surface area contributed by atoms with Gasteiger partial charge in [-0.15, -0.1) is 0 Å². The van der Waals surface area contributed by atoms with E-state index < -0.39 is 0 Å². The first-order valence-corrected chi connectivity index (χ1v) is 7.96. The van der Waals surface area contributed by atoms with Crippen molar-refractivity contribution in [2.45, 2.75) is 50.7 Å².